The molecule has 1 aliphatic heterocycles. The van der Waals surface area contributed by atoms with Crippen molar-refractivity contribution in [3.05, 3.63) is 150 Å². The largest absolute Gasteiger partial charge is 0.489 e. The summed E-state index contributed by atoms with van der Waals surface area (Å²) in [6.07, 6.45) is 3.02. The van der Waals surface area contributed by atoms with Crippen LogP contribution in [-0.2, 0) is 54.8 Å². The molecule has 0 spiro atoms. The molecule has 4 aromatic carbocycles. The summed E-state index contributed by atoms with van der Waals surface area (Å²) in [4.78, 5) is 52.9. The number of alkyl carbamates (subject to hydrolysis) is 1. The first kappa shape index (κ1) is 41.2. The first-order valence-corrected chi connectivity index (χ1v) is 18.7. The van der Waals surface area contributed by atoms with E-state index < -0.39 is 47.9 Å². The molecule has 0 aromatic heterocycles. The van der Waals surface area contributed by atoms with E-state index >= 15 is 0 Å². The average molecular weight is 764 g/mol. The van der Waals surface area contributed by atoms with Crippen LogP contribution in [0.4, 0.5) is 4.79 Å². The van der Waals surface area contributed by atoms with Gasteiger partial charge in [0.05, 0.1) is 37.8 Å². The molecular formula is C44H49N3O9. The molecule has 4 N–H and O–H groups in total. The van der Waals surface area contributed by atoms with Gasteiger partial charge in [-0.2, -0.15) is 0 Å². The number of cyclic esters (lactones) is 1. The Bertz CT molecular complexity index is 1840. The van der Waals surface area contributed by atoms with Gasteiger partial charge < -0.3 is 40.0 Å². The molecule has 56 heavy (non-hydrogen) atoms. The van der Waals surface area contributed by atoms with Crippen LogP contribution in [-0.4, -0.2) is 66.9 Å². The lowest BCUT2D eigenvalue weighted by molar-refractivity contribution is -0.148. The van der Waals surface area contributed by atoms with Crippen LogP contribution in [0.5, 0.6) is 5.75 Å². The summed E-state index contributed by atoms with van der Waals surface area (Å²) in [6, 6.07) is 33.5. The number of rotatable bonds is 16. The van der Waals surface area contributed by atoms with Crippen LogP contribution in [0.15, 0.2) is 127 Å². The number of esters is 1. The number of carbonyl (C=O) groups excluding carboxylic acids is 4. The number of amides is 3. The van der Waals surface area contributed by atoms with E-state index in [0.29, 0.717) is 18.8 Å². The maximum atomic E-state index is 13.7. The maximum absolute atomic E-state index is 13.7. The molecule has 12 heteroatoms. The van der Waals surface area contributed by atoms with Crippen molar-refractivity contribution in [1.82, 2.24) is 16.0 Å². The Hall–Kier alpha value is -5.98. The van der Waals surface area contributed by atoms with E-state index in [0.717, 1.165) is 22.3 Å². The molecule has 0 aliphatic carbocycles. The summed E-state index contributed by atoms with van der Waals surface area (Å²) >= 11 is 0. The number of nitrogens with one attached hydrogen (secondary N) is 3. The number of hydrogen-bond acceptors (Lipinski definition) is 9. The molecule has 0 saturated carbocycles. The van der Waals surface area contributed by atoms with Crippen LogP contribution < -0.4 is 20.7 Å². The third kappa shape index (κ3) is 14.3. The molecule has 1 aliphatic rings. The lowest BCUT2D eigenvalue weighted by Crippen LogP contribution is -2.48. The van der Waals surface area contributed by atoms with Crippen LogP contribution >= 0.6 is 0 Å². The predicted octanol–water partition coefficient (Wildman–Crippen LogP) is 5.18. The highest BCUT2D eigenvalue weighted by Gasteiger charge is 2.28. The Kier molecular flexibility index (Phi) is 16.5. The molecule has 0 saturated heterocycles. The number of ether oxygens (including phenoxy) is 4. The van der Waals surface area contributed by atoms with Crippen molar-refractivity contribution in [2.24, 2.45) is 5.92 Å². The molecule has 4 atom stereocenters. The van der Waals surface area contributed by atoms with Gasteiger partial charge in [-0.25, -0.2) is 9.59 Å². The Balaban J connectivity index is 1.19. The van der Waals surface area contributed by atoms with Crippen LogP contribution in [0, 0.1) is 5.92 Å². The van der Waals surface area contributed by atoms with Crippen molar-refractivity contribution in [1.29, 1.82) is 0 Å². The summed E-state index contributed by atoms with van der Waals surface area (Å²) < 4.78 is 22.7. The number of hydrogen-bond donors (Lipinski definition) is 4. The number of allylic oxidation sites excluding steroid dienone is 1. The highest BCUT2D eigenvalue weighted by atomic mass is 16.6. The van der Waals surface area contributed by atoms with Gasteiger partial charge in [0, 0.05) is 6.42 Å². The molecule has 12 nitrogen and oxygen atoms in total. The fourth-order valence-corrected chi connectivity index (χ4v) is 5.94. The minimum absolute atomic E-state index is 0.0164. The molecule has 0 radical (unpaired) electrons. The van der Waals surface area contributed by atoms with Crippen molar-refractivity contribution >= 4 is 23.9 Å². The molecule has 294 valence electrons. The highest BCUT2D eigenvalue weighted by Crippen LogP contribution is 2.17. The van der Waals surface area contributed by atoms with Gasteiger partial charge in [0.1, 0.15) is 31.6 Å². The minimum atomic E-state index is -1.06. The van der Waals surface area contributed by atoms with E-state index in [1.54, 1.807) is 12.2 Å². The summed E-state index contributed by atoms with van der Waals surface area (Å²) in [5.74, 6) is -1.61. The van der Waals surface area contributed by atoms with Crippen molar-refractivity contribution in [3.8, 4) is 5.75 Å². The van der Waals surface area contributed by atoms with Crippen LogP contribution in [0.25, 0.3) is 0 Å². The summed E-state index contributed by atoms with van der Waals surface area (Å²) in [7, 11) is 0. The van der Waals surface area contributed by atoms with E-state index in [-0.39, 0.29) is 52.3 Å². The van der Waals surface area contributed by atoms with E-state index in [1.165, 1.54) is 0 Å². The summed E-state index contributed by atoms with van der Waals surface area (Å²) in [5, 5.41) is 18.5. The van der Waals surface area contributed by atoms with E-state index in [9.17, 15) is 24.3 Å². The Labute approximate surface area is 327 Å². The first-order chi connectivity index (χ1) is 27.3. The standard InChI is InChI=1S/C44H49N3O9/c48-26-37(24-32-20-22-39(23-21-32)54-28-34-14-6-2-7-15-34)45-41(49)25-36-18-10-11-19-40(47-44(52)56-29-35-16-8-3-9-17-35)43(51)55-31-38(46-42(36)50)30-53-27-33-12-4-1-5-13-33/h1-17,20-23,36-38,40,48H,18-19,24-31H2,(H,45,49)(H,46,50)(H,47,52)/t36-,37+,38+,40-/m1/s1. The van der Waals surface area contributed by atoms with Gasteiger partial charge in [-0.05, 0) is 53.6 Å². The molecule has 1 heterocycles. The van der Waals surface area contributed by atoms with Crippen molar-refractivity contribution in [3.63, 3.8) is 0 Å². The zero-order valence-electron chi connectivity index (χ0n) is 31.2. The van der Waals surface area contributed by atoms with Crippen molar-refractivity contribution in [2.45, 2.75) is 63.6 Å². The lowest BCUT2D eigenvalue weighted by atomic mass is 9.97. The monoisotopic (exact) mass is 763 g/mol. The van der Waals surface area contributed by atoms with Crippen LogP contribution in [0.3, 0.4) is 0 Å². The fraction of sp³-hybridized carbons (Fsp3) is 0.318. The SMILES string of the molecule is O=C(C[C@H]1CC=CC[C@@H](NC(=O)OCc2ccccc2)C(=O)OC[C@H](COCc2ccccc2)NC1=O)N[C@H](CO)Cc1ccc(OCc2ccccc2)cc1. The molecule has 5 rings (SSSR count). The fourth-order valence-electron chi connectivity index (χ4n) is 5.94. The normalized spacial score (nSPS) is 17.9. The zero-order valence-corrected chi connectivity index (χ0v) is 31.2. The third-order valence-electron chi connectivity index (χ3n) is 8.99. The number of aliphatic hydroxyl groups excluding tert-OH is 1. The van der Waals surface area contributed by atoms with Gasteiger partial charge in [0.2, 0.25) is 11.8 Å². The summed E-state index contributed by atoms with van der Waals surface area (Å²) in [6.45, 7) is 0.203. The van der Waals surface area contributed by atoms with E-state index in [4.69, 9.17) is 18.9 Å². The molecular weight excluding hydrogens is 714 g/mol. The maximum Gasteiger partial charge on any atom is 0.408 e. The molecule has 0 bridgehead atoms. The van der Waals surface area contributed by atoms with Gasteiger partial charge in [-0.1, -0.05) is 115 Å². The minimum Gasteiger partial charge on any atom is -0.489 e. The number of aliphatic hydroxyl groups is 1. The van der Waals surface area contributed by atoms with Gasteiger partial charge in [-0.3, -0.25) is 9.59 Å². The average Bonchev–Trinajstić information content (AvgIpc) is 3.22. The molecule has 3 amide bonds. The summed E-state index contributed by atoms with van der Waals surface area (Å²) in [5.41, 5.74) is 3.66. The van der Waals surface area contributed by atoms with Crippen molar-refractivity contribution in [2.75, 3.05) is 19.8 Å². The Morgan fingerprint density at radius 2 is 1.38 bits per heavy atom. The van der Waals surface area contributed by atoms with E-state index in [1.807, 2.05) is 115 Å². The topological polar surface area (TPSA) is 162 Å². The molecule has 0 fully saturated rings. The van der Waals surface area contributed by atoms with Gasteiger partial charge in [0.25, 0.3) is 0 Å². The first-order valence-electron chi connectivity index (χ1n) is 18.7. The second-order valence-corrected chi connectivity index (χ2v) is 13.5. The van der Waals surface area contributed by atoms with Crippen LogP contribution in [0.1, 0.15) is 41.5 Å². The Morgan fingerprint density at radius 3 is 2.02 bits per heavy atom. The van der Waals surface area contributed by atoms with Crippen molar-refractivity contribution < 1.29 is 43.2 Å². The third-order valence-corrected chi connectivity index (χ3v) is 8.99. The number of benzene rings is 4. The molecule has 0 unspecified atom stereocenters. The second kappa shape index (κ2) is 22.4. The zero-order chi connectivity index (χ0) is 39.4. The van der Waals surface area contributed by atoms with E-state index in [2.05, 4.69) is 16.0 Å². The van der Waals surface area contributed by atoms with Crippen LogP contribution in [0.2, 0.25) is 0 Å². The number of carbonyl (C=O) groups is 4. The van der Waals surface area contributed by atoms with Gasteiger partial charge in [0.15, 0.2) is 0 Å². The smallest absolute Gasteiger partial charge is 0.408 e. The second-order valence-electron chi connectivity index (χ2n) is 13.5. The highest BCUT2D eigenvalue weighted by molar-refractivity contribution is 5.86. The molecule has 4 aromatic rings. The Morgan fingerprint density at radius 1 is 0.768 bits per heavy atom. The quantitative estimate of drug-likeness (QED) is 0.0891. The predicted molar refractivity (Wildman–Crippen MR) is 209 cm³/mol. The lowest BCUT2D eigenvalue weighted by Gasteiger charge is -2.25. The van der Waals surface area contributed by atoms with Gasteiger partial charge in [-0.15, -0.1) is 0 Å². The van der Waals surface area contributed by atoms with Gasteiger partial charge >= 0.3 is 12.1 Å².